The smallest absolute Gasteiger partial charge is 0.408 e. The van der Waals surface area contributed by atoms with Crippen molar-refractivity contribution in [3.05, 3.63) is 29.5 Å². The van der Waals surface area contributed by atoms with Gasteiger partial charge in [0.2, 0.25) is 11.8 Å². The molecule has 3 heterocycles. The third-order valence-electron chi connectivity index (χ3n) is 12.4. The van der Waals surface area contributed by atoms with Crippen LogP contribution in [0.1, 0.15) is 79.1 Å². The molecule has 3 aromatic rings. The third-order valence-corrected chi connectivity index (χ3v) is 12.7. The van der Waals surface area contributed by atoms with Crippen molar-refractivity contribution in [1.29, 1.82) is 0 Å². The largest absolute Gasteiger partial charge is 0.490 e. The fraction of sp³-hybridized carbons (Fsp3) is 0.619. The summed E-state index contributed by atoms with van der Waals surface area (Å²) in [7, 11) is 1.57. The highest BCUT2D eigenvalue weighted by atomic mass is 35.5. The first-order valence-corrected chi connectivity index (χ1v) is 21.0. The zero-order chi connectivity index (χ0) is 41.8. The van der Waals surface area contributed by atoms with Gasteiger partial charge in [-0.25, -0.2) is 14.6 Å². The lowest BCUT2D eigenvalue weighted by Crippen LogP contribution is -2.59. The fourth-order valence-corrected chi connectivity index (χ4v) is 8.93. The number of benzene rings is 1. The second-order valence-corrected chi connectivity index (χ2v) is 18.2. The minimum atomic E-state index is -1.42. The normalized spacial score (nSPS) is 27.5. The van der Waals surface area contributed by atoms with E-state index in [0.29, 0.717) is 70.7 Å². The number of nitrogens with zero attached hydrogens (tertiary/aromatic N) is 3. The average molecular weight is 837 g/mol. The van der Waals surface area contributed by atoms with E-state index < -0.39 is 53.0 Å². The number of carbonyl (C=O) groups excluding carboxylic acids is 3. The van der Waals surface area contributed by atoms with Crippen LogP contribution in [0.3, 0.4) is 0 Å². The van der Waals surface area contributed by atoms with Gasteiger partial charge in [-0.1, -0.05) is 45.7 Å². The first-order chi connectivity index (χ1) is 28.2. The number of oxazole rings is 1. The van der Waals surface area contributed by atoms with Gasteiger partial charge < -0.3 is 49.3 Å². The van der Waals surface area contributed by atoms with E-state index in [9.17, 15) is 24.3 Å². The minimum Gasteiger partial charge on any atom is -0.490 e. The van der Waals surface area contributed by atoms with Crippen molar-refractivity contribution in [3.63, 3.8) is 0 Å². The SMILES string of the molecule is CC[C@@H]1C[C@]1(NC(=O)[C@@H]1C[C@@H](Oc2cc(-c3coc(NC4CC4)n3)nc3c(Cl)c(OCCOC)ccc23)CN1C(=O)C(NC(=O)OC1C[C@@H]2C[C@@H]2C1)C(C)(C)C)C(=O)O. The number of alkyl carbamates (subject to hydrolysis) is 1. The number of hydrogen-bond acceptors (Lipinski definition) is 12. The number of carbonyl (C=O) groups is 4. The highest BCUT2D eigenvalue weighted by Gasteiger charge is 2.61. The highest BCUT2D eigenvalue weighted by Crippen LogP contribution is 2.52. The number of hydrogen-bond donors (Lipinski definition) is 4. The average Bonchev–Trinajstić information content (AvgIpc) is 4.14. The molecular formula is C42H53ClN6O10. The van der Waals surface area contributed by atoms with E-state index in [1.165, 1.54) is 17.6 Å². The van der Waals surface area contributed by atoms with E-state index in [1.54, 1.807) is 25.3 Å². The summed E-state index contributed by atoms with van der Waals surface area (Å²) in [6, 6.07) is 3.66. The number of likely N-dealkylation sites (tertiary alicyclic amines) is 1. The van der Waals surface area contributed by atoms with Crippen molar-refractivity contribution in [3.8, 4) is 22.9 Å². The number of carboxylic acid groups (broad SMARTS) is 1. The van der Waals surface area contributed by atoms with Gasteiger partial charge >= 0.3 is 12.1 Å². The Labute approximate surface area is 347 Å². The van der Waals surface area contributed by atoms with Crippen LogP contribution in [-0.2, 0) is 23.9 Å². The number of fused-ring (bicyclic) bond motifs is 2. The Bertz CT molecular complexity index is 2110. The van der Waals surface area contributed by atoms with Gasteiger partial charge in [0.05, 0.1) is 24.4 Å². The van der Waals surface area contributed by atoms with Crippen molar-refractivity contribution >= 4 is 52.4 Å². The van der Waals surface area contributed by atoms with Gasteiger partial charge in [-0.3, -0.25) is 9.59 Å². The standard InChI is InChI=1S/C42H53ClN6O10/c1-6-23-18-42(23,38(52)53)48-36(50)30-16-26(19-49(30)37(51)35(41(2,3)4)47-40(54)59-25-14-21-13-22(21)15-25)58-32-17-28(29-20-57-39(46-29)44-24-7-8-24)45-34-27(32)9-10-31(33(34)43)56-12-11-55-5/h9-10,17,20-26,30,35H,6-8,11-16,18-19H2,1-5H3,(H,44,46)(H,47,54)(H,48,50)(H,52,53)/t21-,22+,23-,25?,26-,30+,35?,42-/m1/s1. The molecule has 1 aromatic carbocycles. The van der Waals surface area contributed by atoms with Crippen LogP contribution in [0.2, 0.25) is 5.02 Å². The number of ether oxygens (including phenoxy) is 4. The Morgan fingerprint density at radius 2 is 1.80 bits per heavy atom. The van der Waals surface area contributed by atoms with E-state index in [1.807, 2.05) is 27.7 Å². The molecule has 5 aliphatic rings. The van der Waals surface area contributed by atoms with Crippen molar-refractivity contribution in [2.45, 2.75) is 115 Å². The molecule has 4 saturated carbocycles. The Morgan fingerprint density at radius 3 is 2.46 bits per heavy atom. The monoisotopic (exact) mass is 836 g/mol. The van der Waals surface area contributed by atoms with Crippen LogP contribution in [0.15, 0.2) is 28.9 Å². The number of anilines is 1. The molecule has 16 nitrogen and oxygen atoms in total. The molecular weight excluding hydrogens is 784 g/mol. The Hall–Kier alpha value is -4.83. The Balaban J connectivity index is 1.10. The number of aromatic nitrogens is 2. The van der Waals surface area contributed by atoms with Crippen LogP contribution < -0.4 is 25.4 Å². The van der Waals surface area contributed by atoms with Crippen LogP contribution in [0.4, 0.5) is 10.8 Å². The van der Waals surface area contributed by atoms with E-state index >= 15 is 0 Å². The van der Waals surface area contributed by atoms with Crippen molar-refractivity contribution < 1.29 is 47.6 Å². The number of carboxylic acids is 1. The summed E-state index contributed by atoms with van der Waals surface area (Å²) < 4.78 is 29.2. The summed E-state index contributed by atoms with van der Waals surface area (Å²) in [6.07, 6.45) is 5.59. The van der Waals surface area contributed by atoms with Crippen LogP contribution in [-0.4, -0.2) is 107 Å². The molecule has 3 amide bonds. The van der Waals surface area contributed by atoms with Crippen molar-refractivity contribution in [2.75, 3.05) is 32.2 Å². The predicted octanol–water partition coefficient (Wildman–Crippen LogP) is 5.80. The van der Waals surface area contributed by atoms with Crippen molar-refractivity contribution in [2.24, 2.45) is 23.2 Å². The molecule has 1 saturated heterocycles. The molecule has 2 aromatic heterocycles. The minimum absolute atomic E-state index is 0.0285. The van der Waals surface area contributed by atoms with Gasteiger partial charge in [-0.15, -0.1) is 0 Å². The molecule has 8 rings (SSSR count). The summed E-state index contributed by atoms with van der Waals surface area (Å²) in [4.78, 5) is 65.6. The molecule has 0 spiro atoms. The molecule has 0 radical (unpaired) electrons. The number of amides is 3. The van der Waals surface area contributed by atoms with Crippen LogP contribution in [0.25, 0.3) is 22.3 Å². The maximum atomic E-state index is 14.7. The first kappa shape index (κ1) is 40.9. The zero-order valence-electron chi connectivity index (χ0n) is 34.0. The number of methoxy groups -OCH3 is 1. The maximum Gasteiger partial charge on any atom is 0.408 e. The molecule has 4 aliphatic carbocycles. The van der Waals surface area contributed by atoms with E-state index in [0.717, 1.165) is 25.7 Å². The van der Waals surface area contributed by atoms with Gasteiger partial charge in [-0.2, -0.15) is 4.98 Å². The highest BCUT2D eigenvalue weighted by molar-refractivity contribution is 6.36. The lowest BCUT2D eigenvalue weighted by Gasteiger charge is -2.35. The summed E-state index contributed by atoms with van der Waals surface area (Å²) in [5, 5.41) is 19.8. The molecule has 1 aliphatic heterocycles. The lowest BCUT2D eigenvalue weighted by molar-refractivity contribution is -0.146. The predicted molar refractivity (Wildman–Crippen MR) is 215 cm³/mol. The number of nitrogens with one attached hydrogen (secondary N) is 3. The third kappa shape index (κ3) is 8.61. The zero-order valence-corrected chi connectivity index (χ0v) is 34.8. The molecule has 5 fully saturated rings. The molecule has 4 N–H and O–H groups in total. The number of pyridine rings is 1. The van der Waals surface area contributed by atoms with E-state index in [2.05, 4.69) is 20.9 Å². The summed E-state index contributed by atoms with van der Waals surface area (Å²) in [5.74, 6) is -0.547. The molecule has 17 heteroatoms. The van der Waals surface area contributed by atoms with Gasteiger partial charge in [-0.05, 0) is 73.8 Å². The molecule has 0 bridgehead atoms. The Morgan fingerprint density at radius 1 is 1.03 bits per heavy atom. The van der Waals surface area contributed by atoms with E-state index in [4.69, 9.17) is 39.9 Å². The summed E-state index contributed by atoms with van der Waals surface area (Å²) >= 11 is 6.94. The van der Waals surface area contributed by atoms with Gasteiger partial charge in [0, 0.05) is 31.0 Å². The molecule has 8 atom stereocenters. The second kappa shape index (κ2) is 16.0. The first-order valence-electron chi connectivity index (χ1n) is 20.6. The van der Waals surface area contributed by atoms with Crippen LogP contribution in [0.5, 0.6) is 11.5 Å². The van der Waals surface area contributed by atoms with Crippen molar-refractivity contribution in [1.82, 2.24) is 25.5 Å². The number of aliphatic carboxylic acids is 1. The number of halogens is 1. The Kier molecular flexibility index (Phi) is 11.1. The van der Waals surface area contributed by atoms with Gasteiger partial charge in [0.1, 0.15) is 64.9 Å². The molecule has 318 valence electrons. The summed E-state index contributed by atoms with van der Waals surface area (Å²) in [5.41, 5.74) is -1.02. The summed E-state index contributed by atoms with van der Waals surface area (Å²) in [6.45, 7) is 7.91. The topological polar surface area (TPSA) is 204 Å². The van der Waals surface area contributed by atoms with Crippen LogP contribution >= 0.6 is 11.6 Å². The lowest BCUT2D eigenvalue weighted by atomic mass is 9.85. The molecule has 59 heavy (non-hydrogen) atoms. The van der Waals surface area contributed by atoms with E-state index in [-0.39, 0.29) is 43.0 Å². The maximum absolute atomic E-state index is 14.7. The fourth-order valence-electron chi connectivity index (χ4n) is 8.67. The van der Waals surface area contributed by atoms with Gasteiger partial charge in [0.25, 0.3) is 6.01 Å². The molecule has 2 unspecified atom stereocenters. The quantitative estimate of drug-likeness (QED) is 0.126. The second-order valence-electron chi connectivity index (χ2n) is 17.8. The van der Waals surface area contributed by atoms with Crippen LogP contribution in [0, 0.1) is 23.2 Å². The number of rotatable bonds is 16. The van der Waals surface area contributed by atoms with Gasteiger partial charge in [0.15, 0.2) is 0 Å².